The number of rotatable bonds is 8. The fourth-order valence-corrected chi connectivity index (χ4v) is 4.71. The van der Waals surface area contributed by atoms with Gasteiger partial charge in [0.15, 0.2) is 0 Å². The van der Waals surface area contributed by atoms with Crippen LogP contribution in [0.2, 0.25) is 0 Å². The highest BCUT2D eigenvalue weighted by molar-refractivity contribution is 5.96. The maximum atomic E-state index is 13.1. The largest absolute Gasteiger partial charge is 0.497 e. The predicted molar refractivity (Wildman–Crippen MR) is 146 cm³/mol. The van der Waals surface area contributed by atoms with Crippen LogP contribution in [0.4, 0.5) is 0 Å². The van der Waals surface area contributed by atoms with Gasteiger partial charge in [-0.1, -0.05) is 61.0 Å². The van der Waals surface area contributed by atoms with Crippen LogP contribution in [0.1, 0.15) is 30.4 Å². The molecule has 184 valence electrons. The van der Waals surface area contributed by atoms with Crippen LogP contribution in [-0.4, -0.2) is 38.3 Å². The number of hydrogen-bond acceptors (Lipinski definition) is 5. The van der Waals surface area contributed by atoms with Crippen molar-refractivity contribution in [2.24, 2.45) is 0 Å². The summed E-state index contributed by atoms with van der Waals surface area (Å²) >= 11 is 0. The highest BCUT2D eigenvalue weighted by Gasteiger charge is 2.15. The van der Waals surface area contributed by atoms with Crippen molar-refractivity contribution < 1.29 is 13.9 Å². The molecule has 0 amide bonds. The van der Waals surface area contributed by atoms with Crippen molar-refractivity contribution in [2.45, 2.75) is 19.3 Å². The zero-order chi connectivity index (χ0) is 24.7. The molecule has 2 heterocycles. The minimum absolute atomic E-state index is 0.376. The summed E-state index contributed by atoms with van der Waals surface area (Å²) in [7, 11) is 1.60. The molecule has 1 aliphatic heterocycles. The van der Waals surface area contributed by atoms with Crippen molar-refractivity contribution in [1.82, 2.24) is 4.90 Å². The Morgan fingerprint density at radius 3 is 2.39 bits per heavy atom. The van der Waals surface area contributed by atoms with Crippen LogP contribution in [0.25, 0.3) is 34.2 Å². The molecule has 0 atom stereocenters. The maximum Gasteiger partial charge on any atom is 0.344 e. The molecule has 4 aromatic rings. The fraction of sp³-hybridized carbons (Fsp3) is 0.258. The first-order valence-corrected chi connectivity index (χ1v) is 12.5. The lowest BCUT2D eigenvalue weighted by Gasteiger charge is -2.26. The van der Waals surface area contributed by atoms with E-state index < -0.39 is 0 Å². The van der Waals surface area contributed by atoms with Gasteiger partial charge in [0, 0.05) is 23.6 Å². The normalized spacial score (nSPS) is 14.4. The molecule has 0 aliphatic carbocycles. The molecule has 0 unspecified atom stereocenters. The minimum Gasteiger partial charge on any atom is -0.497 e. The summed E-state index contributed by atoms with van der Waals surface area (Å²) in [5.74, 6) is 1.51. The van der Waals surface area contributed by atoms with Crippen molar-refractivity contribution in [3.8, 4) is 22.6 Å². The number of fused-ring (bicyclic) bond motifs is 1. The van der Waals surface area contributed by atoms with E-state index in [1.807, 2.05) is 78.9 Å². The molecule has 1 aromatic heterocycles. The topological polar surface area (TPSA) is 51.9 Å². The summed E-state index contributed by atoms with van der Waals surface area (Å²) in [6.45, 7) is 4.03. The number of ether oxygens (including phenoxy) is 2. The van der Waals surface area contributed by atoms with E-state index in [2.05, 4.69) is 4.90 Å². The van der Waals surface area contributed by atoms with Gasteiger partial charge in [0.1, 0.15) is 23.7 Å². The molecule has 0 spiro atoms. The average molecular weight is 482 g/mol. The molecule has 1 fully saturated rings. The van der Waals surface area contributed by atoms with Gasteiger partial charge in [-0.2, -0.15) is 0 Å². The van der Waals surface area contributed by atoms with Gasteiger partial charge in [-0.25, -0.2) is 4.79 Å². The number of piperidine rings is 1. The van der Waals surface area contributed by atoms with Gasteiger partial charge in [0.2, 0.25) is 0 Å². The Bertz CT molecular complexity index is 1380. The molecule has 1 aliphatic rings. The number of benzene rings is 3. The van der Waals surface area contributed by atoms with Crippen molar-refractivity contribution in [3.63, 3.8) is 0 Å². The van der Waals surface area contributed by atoms with Gasteiger partial charge in [0.25, 0.3) is 0 Å². The van der Waals surface area contributed by atoms with E-state index in [0.29, 0.717) is 23.5 Å². The summed E-state index contributed by atoms with van der Waals surface area (Å²) in [6, 6.07) is 23.2. The second-order valence-electron chi connectivity index (χ2n) is 9.06. The number of methoxy groups -OCH3 is 1. The molecular formula is C31H31NO4. The molecule has 36 heavy (non-hydrogen) atoms. The molecule has 5 nitrogen and oxygen atoms in total. The zero-order valence-electron chi connectivity index (χ0n) is 20.6. The quantitative estimate of drug-likeness (QED) is 0.269. The highest BCUT2D eigenvalue weighted by atomic mass is 16.5. The third kappa shape index (κ3) is 5.52. The second kappa shape index (κ2) is 11.3. The van der Waals surface area contributed by atoms with E-state index in [1.165, 1.54) is 32.4 Å². The van der Waals surface area contributed by atoms with Crippen molar-refractivity contribution in [3.05, 3.63) is 94.3 Å². The molecule has 0 bridgehead atoms. The molecule has 5 rings (SSSR count). The van der Waals surface area contributed by atoms with Crippen LogP contribution in [0.3, 0.4) is 0 Å². The summed E-state index contributed by atoms with van der Waals surface area (Å²) in [5.41, 5.74) is 3.32. The first-order valence-electron chi connectivity index (χ1n) is 12.5. The number of likely N-dealkylation sites (tertiary alicyclic amines) is 1. The SMILES string of the molecule is COc1ccc2c(/C=C/c3ccc(OCCN4CCCCC4)cc3)c(-c3ccccc3)c(=O)oc2c1. The van der Waals surface area contributed by atoms with Gasteiger partial charge >= 0.3 is 5.63 Å². The Hall–Kier alpha value is -3.83. The predicted octanol–water partition coefficient (Wildman–Crippen LogP) is 6.50. The lowest BCUT2D eigenvalue weighted by molar-refractivity contribution is 0.183. The van der Waals surface area contributed by atoms with E-state index in [9.17, 15) is 4.79 Å². The van der Waals surface area contributed by atoms with E-state index in [4.69, 9.17) is 13.9 Å². The smallest absolute Gasteiger partial charge is 0.344 e. The summed E-state index contributed by atoms with van der Waals surface area (Å²) in [4.78, 5) is 15.5. The fourth-order valence-electron chi connectivity index (χ4n) is 4.71. The molecule has 0 N–H and O–H groups in total. The Morgan fingerprint density at radius 1 is 0.889 bits per heavy atom. The third-order valence-corrected chi connectivity index (χ3v) is 6.67. The standard InChI is InChI=1S/C31H31NO4/c1-34-26-15-17-27-28(30(24-8-4-2-5-9-24)31(33)36-29(27)22-26)16-12-23-10-13-25(14-11-23)35-21-20-32-18-6-3-7-19-32/h2,4-5,8-17,22H,3,6-7,18-21H2,1H3/b16-12+. The molecule has 0 radical (unpaired) electrons. The van der Waals surface area contributed by atoms with Crippen molar-refractivity contribution >= 4 is 23.1 Å². The molecular weight excluding hydrogens is 450 g/mol. The van der Waals surface area contributed by atoms with Crippen LogP contribution in [-0.2, 0) is 0 Å². The third-order valence-electron chi connectivity index (χ3n) is 6.67. The molecule has 0 saturated carbocycles. The zero-order valence-corrected chi connectivity index (χ0v) is 20.6. The Morgan fingerprint density at radius 2 is 1.64 bits per heavy atom. The molecule has 3 aromatic carbocycles. The Balaban J connectivity index is 1.40. The molecule has 5 heteroatoms. The lowest BCUT2D eigenvalue weighted by atomic mass is 9.97. The average Bonchev–Trinajstić information content (AvgIpc) is 2.93. The Kier molecular flexibility index (Phi) is 7.48. The van der Waals surface area contributed by atoms with Gasteiger partial charge in [-0.3, -0.25) is 4.90 Å². The summed E-state index contributed by atoms with van der Waals surface area (Å²) < 4.78 is 17.0. The van der Waals surface area contributed by atoms with Gasteiger partial charge in [-0.15, -0.1) is 0 Å². The number of nitrogens with zero attached hydrogens (tertiary/aromatic N) is 1. The highest BCUT2D eigenvalue weighted by Crippen LogP contribution is 2.31. The van der Waals surface area contributed by atoms with Crippen LogP contribution in [0.5, 0.6) is 11.5 Å². The van der Waals surface area contributed by atoms with E-state index in [1.54, 1.807) is 13.2 Å². The Labute approximate surface area is 211 Å². The first kappa shape index (κ1) is 23.9. The number of hydrogen-bond donors (Lipinski definition) is 0. The summed E-state index contributed by atoms with van der Waals surface area (Å²) in [6.07, 6.45) is 7.93. The van der Waals surface area contributed by atoms with E-state index in [0.717, 1.165) is 34.4 Å². The first-order chi connectivity index (χ1) is 17.7. The maximum absolute atomic E-state index is 13.1. The van der Waals surface area contributed by atoms with Gasteiger partial charge in [0.05, 0.1) is 12.7 Å². The monoisotopic (exact) mass is 481 g/mol. The minimum atomic E-state index is -0.376. The molecule has 1 saturated heterocycles. The van der Waals surface area contributed by atoms with Crippen molar-refractivity contribution in [2.75, 3.05) is 33.4 Å². The van der Waals surface area contributed by atoms with Crippen LogP contribution >= 0.6 is 0 Å². The van der Waals surface area contributed by atoms with Crippen LogP contribution in [0, 0.1) is 0 Å². The second-order valence-corrected chi connectivity index (χ2v) is 9.06. The van der Waals surface area contributed by atoms with Gasteiger partial charge < -0.3 is 13.9 Å². The van der Waals surface area contributed by atoms with E-state index in [-0.39, 0.29) is 5.63 Å². The van der Waals surface area contributed by atoms with Gasteiger partial charge in [-0.05, 0) is 61.3 Å². The van der Waals surface area contributed by atoms with Crippen LogP contribution < -0.4 is 15.1 Å². The lowest BCUT2D eigenvalue weighted by Crippen LogP contribution is -2.33. The van der Waals surface area contributed by atoms with E-state index >= 15 is 0 Å². The van der Waals surface area contributed by atoms with Crippen molar-refractivity contribution in [1.29, 1.82) is 0 Å². The van der Waals surface area contributed by atoms with Crippen LogP contribution in [0.15, 0.2) is 82.0 Å². The summed E-state index contributed by atoms with van der Waals surface area (Å²) in [5, 5.41) is 0.850.